The van der Waals surface area contributed by atoms with Crippen LogP contribution in [0.15, 0.2) is 29.2 Å². The Morgan fingerprint density at radius 3 is 2.85 bits per heavy atom. The van der Waals surface area contributed by atoms with Gasteiger partial charge in [0, 0.05) is 4.90 Å². The molecule has 0 saturated carbocycles. The largest absolute Gasteiger partial charge is 0.344 e. The molecule has 1 aromatic carbocycles. The summed E-state index contributed by atoms with van der Waals surface area (Å²) in [6.45, 7) is 0.109. The summed E-state index contributed by atoms with van der Waals surface area (Å²) >= 11 is 1.11. The fraction of sp³-hybridized carbons (Fsp3) is 0.111. The summed E-state index contributed by atoms with van der Waals surface area (Å²) in [6.07, 6.45) is 0. The Hall–Kier alpha value is -1.29. The number of carbonyl (C=O) groups excluding carboxylic acids is 2. The average molecular weight is 193 g/mol. The van der Waals surface area contributed by atoms with Crippen LogP contribution in [-0.2, 0) is 4.79 Å². The molecule has 0 aromatic heterocycles. The van der Waals surface area contributed by atoms with Crippen LogP contribution in [0.25, 0.3) is 0 Å². The zero-order valence-corrected chi connectivity index (χ0v) is 7.56. The van der Waals surface area contributed by atoms with Crippen molar-refractivity contribution in [2.75, 3.05) is 6.54 Å². The van der Waals surface area contributed by atoms with E-state index in [9.17, 15) is 9.59 Å². The first-order chi connectivity index (χ1) is 6.27. The Bertz CT molecular complexity index is 376. The Morgan fingerprint density at radius 1 is 1.23 bits per heavy atom. The van der Waals surface area contributed by atoms with E-state index in [1.165, 1.54) is 0 Å². The molecule has 1 aliphatic heterocycles. The molecule has 2 rings (SSSR count). The number of thioether (sulfide) groups is 1. The molecule has 1 aromatic rings. The standard InChI is InChI=1S/C9H7NO2S/c11-8-5-10-9(12)6-3-1-2-4-7(6)13-8/h1-4H,5H2,(H,10,12). The summed E-state index contributed by atoms with van der Waals surface area (Å²) in [4.78, 5) is 23.3. The first-order valence-corrected chi connectivity index (χ1v) is 4.67. The van der Waals surface area contributed by atoms with Crippen LogP contribution in [0, 0.1) is 0 Å². The highest BCUT2D eigenvalue weighted by Crippen LogP contribution is 2.24. The Morgan fingerprint density at radius 2 is 2.00 bits per heavy atom. The van der Waals surface area contributed by atoms with Gasteiger partial charge in [-0.1, -0.05) is 12.1 Å². The molecular weight excluding hydrogens is 186 g/mol. The van der Waals surface area contributed by atoms with Crippen molar-refractivity contribution in [3.8, 4) is 0 Å². The lowest BCUT2D eigenvalue weighted by atomic mass is 10.2. The molecule has 3 nitrogen and oxygen atoms in total. The van der Waals surface area contributed by atoms with E-state index in [1.807, 2.05) is 6.07 Å². The van der Waals surface area contributed by atoms with Crippen LogP contribution in [0.3, 0.4) is 0 Å². The second kappa shape index (κ2) is 3.22. The fourth-order valence-electron chi connectivity index (χ4n) is 1.15. The summed E-state index contributed by atoms with van der Waals surface area (Å²) in [5.74, 6) is -0.172. The summed E-state index contributed by atoms with van der Waals surface area (Å²) in [7, 11) is 0. The van der Waals surface area contributed by atoms with Crippen LogP contribution in [0.4, 0.5) is 0 Å². The molecule has 0 bridgehead atoms. The van der Waals surface area contributed by atoms with Crippen molar-refractivity contribution in [1.29, 1.82) is 0 Å². The second-order valence-corrected chi connectivity index (χ2v) is 3.75. The SMILES string of the molecule is O=C1CNC(=O)c2ccccc2S1. The molecule has 0 saturated heterocycles. The molecule has 0 fully saturated rings. The zero-order valence-electron chi connectivity index (χ0n) is 6.74. The molecule has 66 valence electrons. The minimum Gasteiger partial charge on any atom is -0.344 e. The molecule has 1 heterocycles. The molecule has 0 spiro atoms. The van der Waals surface area contributed by atoms with Crippen LogP contribution in [0.2, 0.25) is 0 Å². The van der Waals surface area contributed by atoms with Gasteiger partial charge < -0.3 is 5.32 Å². The molecule has 1 N–H and O–H groups in total. The first-order valence-electron chi connectivity index (χ1n) is 3.85. The van der Waals surface area contributed by atoms with Crippen molar-refractivity contribution in [2.24, 2.45) is 0 Å². The third-order valence-electron chi connectivity index (χ3n) is 1.75. The second-order valence-electron chi connectivity index (χ2n) is 2.65. The van der Waals surface area contributed by atoms with Crippen molar-refractivity contribution in [1.82, 2.24) is 5.32 Å². The molecule has 0 atom stereocenters. The van der Waals surface area contributed by atoms with Crippen molar-refractivity contribution < 1.29 is 9.59 Å². The van der Waals surface area contributed by atoms with Gasteiger partial charge in [-0.15, -0.1) is 0 Å². The van der Waals surface area contributed by atoms with E-state index in [0.29, 0.717) is 5.56 Å². The minimum atomic E-state index is -0.172. The number of nitrogens with one attached hydrogen (secondary N) is 1. The Labute approximate surface area is 79.5 Å². The summed E-state index contributed by atoms with van der Waals surface area (Å²) in [6, 6.07) is 7.10. The number of benzene rings is 1. The topological polar surface area (TPSA) is 46.2 Å². The number of hydrogen-bond donors (Lipinski definition) is 1. The van der Waals surface area contributed by atoms with E-state index in [4.69, 9.17) is 0 Å². The van der Waals surface area contributed by atoms with Crippen LogP contribution in [0.1, 0.15) is 10.4 Å². The van der Waals surface area contributed by atoms with Gasteiger partial charge in [0.25, 0.3) is 5.91 Å². The highest BCUT2D eigenvalue weighted by atomic mass is 32.2. The van der Waals surface area contributed by atoms with E-state index in [-0.39, 0.29) is 17.6 Å². The van der Waals surface area contributed by atoms with Crippen LogP contribution >= 0.6 is 11.8 Å². The van der Waals surface area contributed by atoms with Crippen LogP contribution in [-0.4, -0.2) is 17.6 Å². The van der Waals surface area contributed by atoms with Crippen molar-refractivity contribution >= 4 is 22.8 Å². The number of amides is 1. The maximum absolute atomic E-state index is 11.4. The maximum atomic E-state index is 11.4. The zero-order chi connectivity index (χ0) is 9.26. The molecule has 1 aliphatic rings. The van der Waals surface area contributed by atoms with Crippen molar-refractivity contribution in [3.63, 3.8) is 0 Å². The van der Waals surface area contributed by atoms with E-state index < -0.39 is 0 Å². The van der Waals surface area contributed by atoms with E-state index in [2.05, 4.69) is 5.32 Å². The van der Waals surface area contributed by atoms with Gasteiger partial charge in [-0.05, 0) is 23.9 Å². The lowest BCUT2D eigenvalue weighted by molar-refractivity contribution is -0.110. The first kappa shape index (κ1) is 8.31. The van der Waals surface area contributed by atoms with Gasteiger partial charge >= 0.3 is 0 Å². The maximum Gasteiger partial charge on any atom is 0.252 e. The fourth-order valence-corrected chi connectivity index (χ4v) is 1.96. The molecule has 1 amide bonds. The number of fused-ring (bicyclic) bond motifs is 1. The molecular formula is C9H7NO2S. The normalized spacial score (nSPS) is 16.0. The minimum absolute atomic E-state index is 0.0294. The van der Waals surface area contributed by atoms with Gasteiger partial charge in [-0.3, -0.25) is 9.59 Å². The molecule has 13 heavy (non-hydrogen) atoms. The van der Waals surface area contributed by atoms with Gasteiger partial charge in [0.2, 0.25) is 5.12 Å². The predicted molar refractivity (Wildman–Crippen MR) is 49.6 cm³/mol. The quantitative estimate of drug-likeness (QED) is 0.669. The number of carbonyl (C=O) groups is 2. The molecule has 0 aliphatic carbocycles. The predicted octanol–water partition coefficient (Wildman–Crippen LogP) is 1.05. The van der Waals surface area contributed by atoms with Gasteiger partial charge in [-0.2, -0.15) is 0 Å². The molecule has 4 heteroatoms. The third-order valence-corrected chi connectivity index (χ3v) is 2.70. The molecule has 0 unspecified atom stereocenters. The lowest BCUT2D eigenvalue weighted by Gasteiger charge is -2.00. The highest BCUT2D eigenvalue weighted by Gasteiger charge is 2.18. The smallest absolute Gasteiger partial charge is 0.252 e. The van der Waals surface area contributed by atoms with Crippen LogP contribution < -0.4 is 5.32 Å². The Kier molecular flexibility index (Phi) is 2.06. The monoisotopic (exact) mass is 193 g/mol. The summed E-state index contributed by atoms with van der Waals surface area (Å²) in [5.41, 5.74) is 0.582. The van der Waals surface area contributed by atoms with Crippen LogP contribution in [0.5, 0.6) is 0 Å². The lowest BCUT2D eigenvalue weighted by Crippen LogP contribution is -2.25. The average Bonchev–Trinajstić information content (AvgIpc) is 2.27. The van der Waals surface area contributed by atoms with Crippen molar-refractivity contribution in [3.05, 3.63) is 29.8 Å². The number of rotatable bonds is 0. The third kappa shape index (κ3) is 1.58. The van der Waals surface area contributed by atoms with Crippen molar-refractivity contribution in [2.45, 2.75) is 4.90 Å². The molecule has 0 radical (unpaired) electrons. The van der Waals surface area contributed by atoms with Gasteiger partial charge in [0.15, 0.2) is 0 Å². The summed E-state index contributed by atoms with van der Waals surface area (Å²) in [5, 5.41) is 2.51. The van der Waals surface area contributed by atoms with E-state index in [1.54, 1.807) is 18.2 Å². The van der Waals surface area contributed by atoms with E-state index in [0.717, 1.165) is 16.7 Å². The van der Waals surface area contributed by atoms with Gasteiger partial charge in [-0.25, -0.2) is 0 Å². The highest BCUT2D eigenvalue weighted by molar-refractivity contribution is 8.13. The van der Waals surface area contributed by atoms with Gasteiger partial charge in [0.1, 0.15) is 0 Å². The number of hydrogen-bond acceptors (Lipinski definition) is 3. The Balaban J connectivity index is 2.49. The van der Waals surface area contributed by atoms with E-state index >= 15 is 0 Å². The summed E-state index contributed by atoms with van der Waals surface area (Å²) < 4.78 is 0. The van der Waals surface area contributed by atoms with Gasteiger partial charge in [0.05, 0.1) is 12.1 Å².